The van der Waals surface area contributed by atoms with Crippen LogP contribution in [0.25, 0.3) is 0 Å². The maximum absolute atomic E-state index is 14.0. The average Bonchev–Trinajstić information content (AvgIpc) is 2.49. The molecule has 5 heteroatoms. The summed E-state index contributed by atoms with van der Waals surface area (Å²) < 4.78 is 14.0. The minimum atomic E-state index is -0.730. The Bertz CT molecular complexity index is 717. The topological polar surface area (TPSA) is 40.5 Å². The maximum Gasteiger partial charge on any atom is 0.261 e. The fourth-order valence-corrected chi connectivity index (χ4v) is 2.82. The van der Waals surface area contributed by atoms with E-state index in [1.807, 2.05) is 6.07 Å². The van der Waals surface area contributed by atoms with Crippen molar-refractivity contribution in [2.24, 2.45) is 0 Å². The van der Waals surface area contributed by atoms with Crippen LogP contribution in [-0.2, 0) is 6.42 Å². The molecule has 2 aromatic carbocycles. The van der Waals surface area contributed by atoms with Crippen molar-refractivity contribution < 1.29 is 14.3 Å². The number of hydrogen-bond donors (Lipinski definition) is 1. The fraction of sp³-hybridized carbons (Fsp3) is 0.188. The molecule has 0 spiro atoms. The van der Waals surface area contributed by atoms with Crippen molar-refractivity contribution in [2.45, 2.75) is 12.8 Å². The first-order chi connectivity index (χ1) is 10.1. The van der Waals surface area contributed by atoms with Crippen molar-refractivity contribution in [2.75, 3.05) is 11.4 Å². The molecule has 0 saturated carbocycles. The van der Waals surface area contributed by atoms with Crippen LogP contribution < -0.4 is 4.90 Å². The molecule has 108 valence electrons. The third-order valence-corrected chi connectivity index (χ3v) is 3.92. The number of amides is 1. The van der Waals surface area contributed by atoms with Crippen LogP contribution in [-0.4, -0.2) is 17.6 Å². The molecule has 21 heavy (non-hydrogen) atoms. The first kappa shape index (κ1) is 13.9. The number of hydrogen-bond acceptors (Lipinski definition) is 2. The Hall–Kier alpha value is -2.07. The summed E-state index contributed by atoms with van der Waals surface area (Å²) in [7, 11) is 0. The van der Waals surface area contributed by atoms with Gasteiger partial charge in [-0.3, -0.25) is 4.79 Å². The lowest BCUT2D eigenvalue weighted by molar-refractivity contribution is 0.0980. The molecule has 1 N–H and O–H groups in total. The second-order valence-electron chi connectivity index (χ2n) is 4.95. The number of phenols is 1. The molecule has 0 aliphatic carbocycles. The number of carbonyl (C=O) groups excluding carboxylic acids is 1. The molecule has 0 fully saturated rings. The molecule has 0 atom stereocenters. The Morgan fingerprint density at radius 2 is 2.00 bits per heavy atom. The summed E-state index contributed by atoms with van der Waals surface area (Å²) in [5.41, 5.74) is 1.27. The summed E-state index contributed by atoms with van der Waals surface area (Å²) in [6, 6.07) is 9.46. The zero-order valence-corrected chi connectivity index (χ0v) is 11.9. The van der Waals surface area contributed by atoms with Gasteiger partial charge in [0.1, 0.15) is 5.75 Å². The number of phenolic OH excluding ortho intramolecular Hbond substituents is 1. The van der Waals surface area contributed by atoms with Gasteiger partial charge >= 0.3 is 0 Å². The minimum Gasteiger partial charge on any atom is -0.506 e. The molecule has 0 unspecified atom stereocenters. The van der Waals surface area contributed by atoms with Crippen LogP contribution in [0.2, 0.25) is 5.02 Å². The van der Waals surface area contributed by atoms with Gasteiger partial charge in [0.05, 0.1) is 16.3 Å². The quantitative estimate of drug-likeness (QED) is 0.871. The molecule has 1 aliphatic heterocycles. The Morgan fingerprint density at radius 3 is 2.81 bits per heavy atom. The summed E-state index contributed by atoms with van der Waals surface area (Å²) in [6.45, 7) is 0.440. The second-order valence-corrected chi connectivity index (χ2v) is 5.35. The molecular weight excluding hydrogens is 293 g/mol. The van der Waals surface area contributed by atoms with Crippen LogP contribution in [0.1, 0.15) is 22.3 Å². The van der Waals surface area contributed by atoms with Crippen LogP contribution in [0, 0.1) is 5.82 Å². The lowest BCUT2D eigenvalue weighted by atomic mass is 10.00. The van der Waals surface area contributed by atoms with Crippen molar-refractivity contribution in [1.29, 1.82) is 0 Å². The number of anilines is 1. The summed E-state index contributed by atoms with van der Waals surface area (Å²) in [5.74, 6) is -1.19. The molecule has 0 radical (unpaired) electrons. The Labute approximate surface area is 126 Å². The smallest absolute Gasteiger partial charge is 0.261 e. The lowest BCUT2D eigenvalue weighted by Gasteiger charge is -2.30. The standard InChI is InChI=1S/C16H13ClFNO2/c17-12-7-2-6-11(14(12)18)16(21)19-9-3-5-10-4-1-8-13(20)15(10)19/h1-2,4,6-8,20H,3,5,9H2. The molecular formula is C16H13ClFNO2. The molecule has 3 nitrogen and oxygen atoms in total. The predicted octanol–water partition coefficient (Wildman–Crippen LogP) is 3.78. The molecule has 1 amide bonds. The van der Waals surface area contributed by atoms with E-state index in [-0.39, 0.29) is 16.3 Å². The van der Waals surface area contributed by atoms with E-state index in [4.69, 9.17) is 11.6 Å². The van der Waals surface area contributed by atoms with Crippen molar-refractivity contribution in [3.63, 3.8) is 0 Å². The van der Waals surface area contributed by atoms with E-state index in [1.54, 1.807) is 6.07 Å². The number of aromatic hydroxyl groups is 1. The van der Waals surface area contributed by atoms with Gasteiger partial charge in [0.25, 0.3) is 5.91 Å². The lowest BCUT2D eigenvalue weighted by Crippen LogP contribution is -2.36. The molecule has 2 aromatic rings. The molecule has 1 heterocycles. The summed E-state index contributed by atoms with van der Waals surface area (Å²) >= 11 is 5.73. The van der Waals surface area contributed by atoms with Gasteiger partial charge in [-0.05, 0) is 36.6 Å². The largest absolute Gasteiger partial charge is 0.506 e. The van der Waals surface area contributed by atoms with E-state index in [2.05, 4.69) is 0 Å². The van der Waals surface area contributed by atoms with Crippen LogP contribution in [0.15, 0.2) is 36.4 Å². The van der Waals surface area contributed by atoms with Crippen LogP contribution in [0.3, 0.4) is 0 Å². The number of aryl methyl sites for hydroxylation is 1. The maximum atomic E-state index is 14.0. The highest BCUT2D eigenvalue weighted by Crippen LogP contribution is 2.36. The van der Waals surface area contributed by atoms with Crippen molar-refractivity contribution >= 4 is 23.2 Å². The molecule has 1 aliphatic rings. The SMILES string of the molecule is O=C(c1cccc(Cl)c1F)N1CCCc2cccc(O)c21. The monoisotopic (exact) mass is 305 g/mol. The van der Waals surface area contributed by atoms with Gasteiger partial charge in [0, 0.05) is 6.54 Å². The van der Waals surface area contributed by atoms with Gasteiger partial charge in [-0.25, -0.2) is 4.39 Å². The number of halogens is 2. The first-order valence-corrected chi connectivity index (χ1v) is 7.04. The Balaban J connectivity index is 2.07. The predicted molar refractivity (Wildman–Crippen MR) is 79.5 cm³/mol. The van der Waals surface area contributed by atoms with Gasteiger partial charge < -0.3 is 10.0 Å². The Kier molecular flexibility index (Phi) is 3.55. The molecule has 0 saturated heterocycles. The third kappa shape index (κ3) is 2.36. The van der Waals surface area contributed by atoms with Crippen molar-refractivity contribution in [1.82, 2.24) is 0 Å². The summed E-state index contributed by atoms with van der Waals surface area (Å²) in [4.78, 5) is 14.0. The van der Waals surface area contributed by atoms with Crippen molar-refractivity contribution in [3.8, 4) is 5.75 Å². The van der Waals surface area contributed by atoms with E-state index in [9.17, 15) is 14.3 Å². The molecule has 3 rings (SSSR count). The van der Waals surface area contributed by atoms with Gasteiger partial charge in [-0.2, -0.15) is 0 Å². The number of para-hydroxylation sites is 1. The van der Waals surface area contributed by atoms with Crippen LogP contribution >= 0.6 is 11.6 Å². The van der Waals surface area contributed by atoms with Crippen molar-refractivity contribution in [3.05, 3.63) is 58.4 Å². The first-order valence-electron chi connectivity index (χ1n) is 6.66. The van der Waals surface area contributed by atoms with Crippen LogP contribution in [0.4, 0.5) is 10.1 Å². The fourth-order valence-electron chi connectivity index (χ4n) is 2.65. The third-order valence-electron chi connectivity index (χ3n) is 3.62. The van der Waals surface area contributed by atoms with E-state index in [0.717, 1.165) is 18.4 Å². The highest BCUT2D eigenvalue weighted by atomic mass is 35.5. The van der Waals surface area contributed by atoms with E-state index >= 15 is 0 Å². The van der Waals surface area contributed by atoms with E-state index < -0.39 is 11.7 Å². The number of carbonyl (C=O) groups is 1. The average molecular weight is 306 g/mol. The number of nitrogens with zero attached hydrogens (tertiary/aromatic N) is 1. The number of benzene rings is 2. The summed E-state index contributed by atoms with van der Waals surface area (Å²) in [6.07, 6.45) is 1.55. The summed E-state index contributed by atoms with van der Waals surface area (Å²) in [5, 5.41) is 9.95. The zero-order chi connectivity index (χ0) is 15.0. The Morgan fingerprint density at radius 1 is 1.24 bits per heavy atom. The minimum absolute atomic E-state index is 0.0305. The second kappa shape index (κ2) is 5.37. The van der Waals surface area contributed by atoms with Gasteiger partial charge in [-0.15, -0.1) is 0 Å². The van der Waals surface area contributed by atoms with Crippen LogP contribution in [0.5, 0.6) is 5.75 Å². The number of fused-ring (bicyclic) bond motifs is 1. The van der Waals surface area contributed by atoms with Gasteiger partial charge in [0.2, 0.25) is 0 Å². The van der Waals surface area contributed by atoms with E-state index in [1.165, 1.54) is 29.2 Å². The molecule has 0 bridgehead atoms. The number of rotatable bonds is 1. The van der Waals surface area contributed by atoms with E-state index in [0.29, 0.717) is 12.2 Å². The van der Waals surface area contributed by atoms with Gasteiger partial charge in [-0.1, -0.05) is 29.8 Å². The highest BCUT2D eigenvalue weighted by Gasteiger charge is 2.28. The molecule has 0 aromatic heterocycles. The van der Waals surface area contributed by atoms with Gasteiger partial charge in [0.15, 0.2) is 5.82 Å². The highest BCUT2D eigenvalue weighted by molar-refractivity contribution is 6.31. The zero-order valence-electron chi connectivity index (χ0n) is 11.1. The normalized spacial score (nSPS) is 13.9.